The maximum absolute atomic E-state index is 13.1. The van der Waals surface area contributed by atoms with E-state index in [1.165, 1.54) is 23.5 Å². The summed E-state index contributed by atoms with van der Waals surface area (Å²) < 4.78 is 13.1. The third kappa shape index (κ3) is 5.47. The van der Waals surface area contributed by atoms with Gasteiger partial charge in [-0.25, -0.2) is 9.37 Å². The van der Waals surface area contributed by atoms with Crippen LogP contribution in [0.5, 0.6) is 0 Å². The molecule has 7 heteroatoms. The first kappa shape index (κ1) is 23.1. The van der Waals surface area contributed by atoms with Crippen molar-refractivity contribution in [1.29, 1.82) is 0 Å². The average molecular weight is 466 g/mol. The minimum absolute atomic E-state index is 0.0424. The summed E-state index contributed by atoms with van der Waals surface area (Å²) in [5.41, 5.74) is 2.39. The van der Waals surface area contributed by atoms with Gasteiger partial charge in [0.25, 0.3) is 5.91 Å². The lowest BCUT2D eigenvalue weighted by atomic mass is 9.97. The van der Waals surface area contributed by atoms with E-state index in [1.54, 1.807) is 17.0 Å². The summed E-state index contributed by atoms with van der Waals surface area (Å²) in [6, 6.07) is 16.0. The van der Waals surface area contributed by atoms with Crippen LogP contribution in [0.4, 0.5) is 4.39 Å². The Balaban J connectivity index is 1.32. The molecule has 5 nitrogen and oxygen atoms in total. The number of halogens is 1. The molecule has 1 aliphatic rings. The molecular formula is C26H28FN3O2S. The molecule has 3 aromatic rings. The van der Waals surface area contributed by atoms with Crippen molar-refractivity contribution in [3.63, 3.8) is 0 Å². The standard InChI is InChI=1S/C26H28FN3O2S/c1-18(20-6-4-3-5-7-20)29(2)26(32)23-17-33-25(28-23)21-12-14-30(15-13-21)24(31)16-19-8-10-22(27)11-9-19/h3-11,17-18,21H,12-16H2,1-2H3. The van der Waals surface area contributed by atoms with E-state index in [9.17, 15) is 14.0 Å². The maximum atomic E-state index is 13.1. The lowest BCUT2D eigenvalue weighted by Gasteiger charge is -2.31. The van der Waals surface area contributed by atoms with E-state index in [1.807, 2.05) is 54.6 Å². The number of aromatic nitrogens is 1. The van der Waals surface area contributed by atoms with E-state index < -0.39 is 0 Å². The highest BCUT2D eigenvalue weighted by atomic mass is 32.1. The summed E-state index contributed by atoms with van der Waals surface area (Å²) >= 11 is 1.53. The second kappa shape index (κ2) is 10.3. The molecule has 1 unspecified atom stereocenters. The highest BCUT2D eigenvalue weighted by molar-refractivity contribution is 7.09. The zero-order valence-corrected chi connectivity index (χ0v) is 19.7. The van der Waals surface area contributed by atoms with Crippen molar-refractivity contribution >= 4 is 23.2 Å². The monoisotopic (exact) mass is 465 g/mol. The number of hydrogen-bond donors (Lipinski definition) is 0. The van der Waals surface area contributed by atoms with Gasteiger partial charge < -0.3 is 9.80 Å². The van der Waals surface area contributed by atoms with Crippen molar-refractivity contribution in [2.24, 2.45) is 0 Å². The molecule has 4 rings (SSSR count). The molecule has 1 fully saturated rings. The van der Waals surface area contributed by atoms with Crippen molar-refractivity contribution in [3.8, 4) is 0 Å². The second-order valence-corrected chi connectivity index (χ2v) is 9.42. The third-order valence-electron chi connectivity index (χ3n) is 6.39. The van der Waals surface area contributed by atoms with Crippen LogP contribution in [-0.4, -0.2) is 46.7 Å². The Hall–Kier alpha value is -3.06. The number of piperidine rings is 1. The fourth-order valence-corrected chi connectivity index (χ4v) is 5.11. The van der Waals surface area contributed by atoms with Gasteiger partial charge in [0.05, 0.1) is 17.5 Å². The van der Waals surface area contributed by atoms with Crippen molar-refractivity contribution in [1.82, 2.24) is 14.8 Å². The van der Waals surface area contributed by atoms with Gasteiger partial charge in [0.2, 0.25) is 5.91 Å². The van der Waals surface area contributed by atoms with Crippen LogP contribution in [0.2, 0.25) is 0 Å². The van der Waals surface area contributed by atoms with Crippen LogP contribution < -0.4 is 0 Å². The van der Waals surface area contributed by atoms with Crippen molar-refractivity contribution in [3.05, 3.63) is 87.6 Å². The molecule has 1 aliphatic heterocycles. The molecule has 0 bridgehead atoms. The van der Waals surface area contributed by atoms with Gasteiger partial charge in [-0.15, -0.1) is 11.3 Å². The number of likely N-dealkylation sites (tertiary alicyclic amines) is 1. The van der Waals surface area contributed by atoms with E-state index in [-0.39, 0.29) is 36.0 Å². The van der Waals surface area contributed by atoms with Crippen LogP contribution in [0.3, 0.4) is 0 Å². The molecule has 0 spiro atoms. The van der Waals surface area contributed by atoms with E-state index in [4.69, 9.17) is 0 Å². The van der Waals surface area contributed by atoms with Crippen LogP contribution in [0.25, 0.3) is 0 Å². The number of thiazole rings is 1. The highest BCUT2D eigenvalue weighted by Gasteiger charge is 2.27. The van der Waals surface area contributed by atoms with Crippen molar-refractivity contribution in [2.45, 2.75) is 38.1 Å². The van der Waals surface area contributed by atoms with Gasteiger partial charge in [-0.2, -0.15) is 0 Å². The lowest BCUT2D eigenvalue weighted by Crippen LogP contribution is -2.38. The fourth-order valence-electron chi connectivity index (χ4n) is 4.15. The highest BCUT2D eigenvalue weighted by Crippen LogP contribution is 2.31. The first-order valence-electron chi connectivity index (χ1n) is 11.2. The molecule has 0 saturated carbocycles. The van der Waals surface area contributed by atoms with Gasteiger partial charge in [0, 0.05) is 31.4 Å². The molecule has 1 atom stereocenters. The summed E-state index contributed by atoms with van der Waals surface area (Å²) in [7, 11) is 1.81. The number of rotatable bonds is 6. The minimum Gasteiger partial charge on any atom is -0.342 e. The molecule has 2 amide bonds. The van der Waals surface area contributed by atoms with Crippen molar-refractivity contribution < 1.29 is 14.0 Å². The van der Waals surface area contributed by atoms with Gasteiger partial charge in [-0.1, -0.05) is 42.5 Å². The molecule has 1 aromatic heterocycles. The smallest absolute Gasteiger partial charge is 0.273 e. The lowest BCUT2D eigenvalue weighted by molar-refractivity contribution is -0.131. The number of nitrogens with zero attached hydrogens (tertiary/aromatic N) is 3. The van der Waals surface area contributed by atoms with Crippen LogP contribution in [0.15, 0.2) is 60.0 Å². The topological polar surface area (TPSA) is 53.5 Å². The Kier molecular flexibility index (Phi) is 7.18. The van der Waals surface area contributed by atoms with Gasteiger partial charge >= 0.3 is 0 Å². The number of carbonyl (C=O) groups is 2. The number of amides is 2. The van der Waals surface area contributed by atoms with Gasteiger partial charge in [-0.05, 0) is 43.0 Å². The first-order chi connectivity index (χ1) is 15.9. The van der Waals surface area contributed by atoms with E-state index in [2.05, 4.69) is 4.98 Å². The molecular weight excluding hydrogens is 437 g/mol. The fraction of sp³-hybridized carbons (Fsp3) is 0.346. The molecule has 0 radical (unpaired) electrons. The quantitative estimate of drug-likeness (QED) is 0.511. The zero-order chi connectivity index (χ0) is 23.4. The predicted octanol–water partition coefficient (Wildman–Crippen LogP) is 5.06. The molecule has 33 heavy (non-hydrogen) atoms. The molecule has 0 N–H and O–H groups in total. The average Bonchev–Trinajstić information content (AvgIpc) is 3.35. The van der Waals surface area contributed by atoms with E-state index in [0.717, 1.165) is 29.0 Å². The molecule has 2 aromatic carbocycles. The normalized spacial score (nSPS) is 15.3. The largest absolute Gasteiger partial charge is 0.342 e. The van der Waals surface area contributed by atoms with Crippen LogP contribution in [-0.2, 0) is 11.2 Å². The van der Waals surface area contributed by atoms with E-state index >= 15 is 0 Å². The minimum atomic E-state index is -0.297. The van der Waals surface area contributed by atoms with Gasteiger partial charge in [-0.3, -0.25) is 9.59 Å². The SMILES string of the molecule is CC(c1ccccc1)N(C)C(=O)c1csc(C2CCN(C(=O)Cc3ccc(F)cc3)CC2)n1. The number of hydrogen-bond acceptors (Lipinski definition) is 4. The summed E-state index contributed by atoms with van der Waals surface area (Å²) in [5, 5.41) is 2.81. The predicted molar refractivity (Wildman–Crippen MR) is 128 cm³/mol. The molecule has 2 heterocycles. The maximum Gasteiger partial charge on any atom is 0.273 e. The van der Waals surface area contributed by atoms with Crippen LogP contribution >= 0.6 is 11.3 Å². The Labute approximate surface area is 197 Å². The summed E-state index contributed by atoms with van der Waals surface area (Å²) in [6.07, 6.45) is 1.94. The molecule has 172 valence electrons. The first-order valence-corrected chi connectivity index (χ1v) is 12.1. The summed E-state index contributed by atoms with van der Waals surface area (Å²) in [5.74, 6) is -0.0651. The molecule has 0 aliphatic carbocycles. The zero-order valence-electron chi connectivity index (χ0n) is 18.9. The second-order valence-electron chi connectivity index (χ2n) is 8.53. The number of carbonyl (C=O) groups excluding carboxylic acids is 2. The van der Waals surface area contributed by atoms with Crippen molar-refractivity contribution in [2.75, 3.05) is 20.1 Å². The van der Waals surface area contributed by atoms with Crippen LogP contribution in [0.1, 0.15) is 58.3 Å². The number of benzene rings is 2. The third-order valence-corrected chi connectivity index (χ3v) is 7.40. The van der Waals surface area contributed by atoms with Crippen LogP contribution in [0, 0.1) is 5.82 Å². The summed E-state index contributed by atoms with van der Waals surface area (Å²) in [4.78, 5) is 33.9. The van der Waals surface area contributed by atoms with E-state index in [0.29, 0.717) is 18.8 Å². The molecule has 1 saturated heterocycles. The van der Waals surface area contributed by atoms with Gasteiger partial charge in [0.1, 0.15) is 11.5 Å². The summed E-state index contributed by atoms with van der Waals surface area (Å²) in [6.45, 7) is 3.34. The Morgan fingerprint density at radius 2 is 1.79 bits per heavy atom. The van der Waals surface area contributed by atoms with Gasteiger partial charge in [0.15, 0.2) is 0 Å². The Bertz CT molecular complexity index is 1090. The Morgan fingerprint density at radius 3 is 2.45 bits per heavy atom. The Morgan fingerprint density at radius 1 is 1.12 bits per heavy atom.